The summed E-state index contributed by atoms with van der Waals surface area (Å²) in [6.07, 6.45) is 0. The average Bonchev–Trinajstić information content (AvgIpc) is 3.11. The summed E-state index contributed by atoms with van der Waals surface area (Å²) in [7, 11) is 0. The molecule has 8 nitrogen and oxygen atoms in total. The zero-order chi connectivity index (χ0) is 20.1. The highest BCUT2D eigenvalue weighted by atomic mass is 32.1. The maximum atomic E-state index is 12.4. The van der Waals surface area contributed by atoms with Crippen molar-refractivity contribution >= 4 is 33.5 Å². The maximum Gasteiger partial charge on any atom is 0.374 e. The predicted octanol–water partition coefficient (Wildman–Crippen LogP) is 2.92. The Morgan fingerprint density at radius 3 is 2.43 bits per heavy atom. The van der Waals surface area contributed by atoms with Crippen molar-refractivity contribution < 1.29 is 23.8 Å². The van der Waals surface area contributed by atoms with E-state index >= 15 is 0 Å². The number of hydrogen-bond acceptors (Lipinski definition) is 8. The lowest BCUT2D eigenvalue weighted by Gasteiger charge is -2.07. The normalized spacial score (nSPS) is 10.6. The zero-order valence-corrected chi connectivity index (χ0v) is 16.1. The van der Waals surface area contributed by atoms with E-state index in [4.69, 9.17) is 14.2 Å². The topological polar surface area (TPSA) is 108 Å². The number of fused-ring (bicyclic) bond motifs is 1. The van der Waals surface area contributed by atoms with E-state index in [1.165, 1.54) is 11.3 Å². The molecule has 3 rings (SSSR count). The summed E-state index contributed by atoms with van der Waals surface area (Å²) in [5.41, 5.74) is 0.659. The molecule has 0 saturated heterocycles. The summed E-state index contributed by atoms with van der Waals surface area (Å²) in [5.74, 6) is -0.648. The molecule has 0 fully saturated rings. The van der Waals surface area contributed by atoms with Crippen LogP contribution in [0.25, 0.3) is 10.2 Å². The second-order valence-electron chi connectivity index (χ2n) is 5.61. The highest BCUT2D eigenvalue weighted by Crippen LogP contribution is 2.23. The number of thiophene rings is 1. The Balaban J connectivity index is 1.75. The number of nitrogens with zero attached hydrogens (tertiary/aromatic N) is 1. The molecule has 0 radical (unpaired) electrons. The fraction of sp³-hybridized carbons (Fsp3) is 0.263. The molecular weight excluding hydrogens is 384 g/mol. The molecule has 2 aromatic heterocycles. The van der Waals surface area contributed by atoms with E-state index in [1.54, 1.807) is 43.5 Å². The van der Waals surface area contributed by atoms with Gasteiger partial charge >= 0.3 is 11.9 Å². The Bertz CT molecular complexity index is 1050. The van der Waals surface area contributed by atoms with Crippen LogP contribution < -0.4 is 10.3 Å². The van der Waals surface area contributed by atoms with Crippen LogP contribution in [0.2, 0.25) is 0 Å². The fourth-order valence-electron chi connectivity index (χ4n) is 2.47. The van der Waals surface area contributed by atoms with Crippen LogP contribution in [0.15, 0.2) is 34.4 Å². The highest BCUT2D eigenvalue weighted by molar-refractivity contribution is 7.16. The first kappa shape index (κ1) is 19.6. The molecule has 1 aromatic carbocycles. The van der Waals surface area contributed by atoms with Gasteiger partial charge in [-0.3, -0.25) is 4.79 Å². The molecule has 0 unspecified atom stereocenters. The molecule has 28 heavy (non-hydrogen) atoms. The lowest BCUT2D eigenvalue weighted by Crippen LogP contribution is -2.17. The Morgan fingerprint density at radius 2 is 1.75 bits per heavy atom. The van der Waals surface area contributed by atoms with Gasteiger partial charge in [-0.15, -0.1) is 11.3 Å². The third-order valence-corrected chi connectivity index (χ3v) is 4.67. The van der Waals surface area contributed by atoms with Crippen molar-refractivity contribution in [1.29, 1.82) is 0 Å². The Hall–Kier alpha value is -3.20. The molecular formula is C19H18N2O6S. The minimum Gasteiger partial charge on any atom is -0.489 e. The molecule has 0 atom stereocenters. The summed E-state index contributed by atoms with van der Waals surface area (Å²) in [6, 6.07) is 6.53. The first-order valence-electron chi connectivity index (χ1n) is 8.61. The third-order valence-electron chi connectivity index (χ3n) is 3.75. The summed E-state index contributed by atoms with van der Waals surface area (Å²) in [4.78, 5) is 42.9. The average molecular weight is 402 g/mol. The van der Waals surface area contributed by atoms with Gasteiger partial charge < -0.3 is 19.2 Å². The van der Waals surface area contributed by atoms with E-state index in [1.807, 2.05) is 0 Å². The van der Waals surface area contributed by atoms with E-state index in [0.717, 1.165) is 0 Å². The molecule has 1 N–H and O–H groups in total. The zero-order valence-electron chi connectivity index (χ0n) is 15.3. The molecule has 0 spiro atoms. The van der Waals surface area contributed by atoms with Crippen molar-refractivity contribution in [3.05, 3.63) is 57.0 Å². The first-order valence-corrected chi connectivity index (χ1v) is 9.49. The molecule has 0 aliphatic heterocycles. The number of H-pyrrole nitrogens is 1. The third kappa shape index (κ3) is 4.20. The van der Waals surface area contributed by atoms with Gasteiger partial charge in [-0.2, -0.15) is 0 Å². The molecule has 0 aliphatic carbocycles. The van der Waals surface area contributed by atoms with E-state index in [-0.39, 0.29) is 19.0 Å². The van der Waals surface area contributed by atoms with Gasteiger partial charge in [0.15, 0.2) is 0 Å². The van der Waals surface area contributed by atoms with Crippen LogP contribution in [0.5, 0.6) is 5.75 Å². The number of hydrogen-bond donors (Lipinski definition) is 1. The Kier molecular flexibility index (Phi) is 6.05. The molecule has 146 valence electrons. The summed E-state index contributed by atoms with van der Waals surface area (Å²) in [5, 5.41) is 2.13. The van der Waals surface area contributed by atoms with Crippen molar-refractivity contribution in [1.82, 2.24) is 9.97 Å². The second-order valence-corrected chi connectivity index (χ2v) is 6.47. The van der Waals surface area contributed by atoms with E-state index in [9.17, 15) is 14.4 Å². The number of aromatic nitrogens is 2. The second kappa shape index (κ2) is 8.66. The summed E-state index contributed by atoms with van der Waals surface area (Å²) in [6.45, 7) is 4.06. The number of esters is 2. The lowest BCUT2D eigenvalue weighted by molar-refractivity contribution is 0.0507. The van der Waals surface area contributed by atoms with E-state index < -0.39 is 17.5 Å². The van der Waals surface area contributed by atoms with Crippen LogP contribution in [0.3, 0.4) is 0 Å². The number of nitrogens with one attached hydrogen (secondary N) is 1. The van der Waals surface area contributed by atoms with Crippen molar-refractivity contribution in [3.8, 4) is 5.75 Å². The number of aromatic amines is 1. The highest BCUT2D eigenvalue weighted by Gasteiger charge is 2.16. The predicted molar refractivity (Wildman–Crippen MR) is 103 cm³/mol. The lowest BCUT2D eigenvalue weighted by atomic mass is 10.2. The Labute approximate surface area is 164 Å². The number of benzene rings is 1. The number of rotatable bonds is 7. The van der Waals surface area contributed by atoms with Crippen molar-refractivity contribution in [3.63, 3.8) is 0 Å². The molecule has 0 bridgehead atoms. The Morgan fingerprint density at radius 1 is 1.07 bits per heavy atom. The summed E-state index contributed by atoms with van der Waals surface area (Å²) < 4.78 is 15.5. The molecule has 3 aromatic rings. The molecule has 9 heteroatoms. The van der Waals surface area contributed by atoms with Gasteiger partial charge in [-0.1, -0.05) is 0 Å². The number of carbonyl (C=O) groups excluding carboxylic acids is 2. The minimum absolute atomic E-state index is 0.122. The van der Waals surface area contributed by atoms with Gasteiger partial charge in [-0.05, 0) is 38.1 Å². The molecule has 2 heterocycles. The monoisotopic (exact) mass is 402 g/mol. The largest absolute Gasteiger partial charge is 0.489 e. The van der Waals surface area contributed by atoms with Crippen LogP contribution in [0.4, 0.5) is 0 Å². The standard InChI is InChI=1S/C19H18N2O6S/c1-3-25-18(23)11-5-7-13(8-6-11)27-9-12-10-28-17-14(12)16(22)20-15(21-17)19(24)26-4-2/h5-8,10H,3-4,9H2,1-2H3,(H,20,21,22). The van der Waals surface area contributed by atoms with Gasteiger partial charge in [0.2, 0.25) is 5.82 Å². The molecule has 0 aliphatic rings. The molecule has 0 amide bonds. The van der Waals surface area contributed by atoms with Crippen molar-refractivity contribution in [2.24, 2.45) is 0 Å². The van der Waals surface area contributed by atoms with Crippen LogP contribution in [0, 0.1) is 0 Å². The minimum atomic E-state index is -0.672. The first-order chi connectivity index (χ1) is 13.5. The van der Waals surface area contributed by atoms with Crippen molar-refractivity contribution in [2.75, 3.05) is 13.2 Å². The van der Waals surface area contributed by atoms with Crippen LogP contribution in [0.1, 0.15) is 40.4 Å². The summed E-state index contributed by atoms with van der Waals surface area (Å²) >= 11 is 1.24. The van der Waals surface area contributed by atoms with E-state index in [2.05, 4.69) is 9.97 Å². The van der Waals surface area contributed by atoms with Gasteiger partial charge in [0.05, 0.1) is 24.2 Å². The number of carbonyl (C=O) groups is 2. The van der Waals surface area contributed by atoms with Crippen LogP contribution in [-0.4, -0.2) is 35.1 Å². The quantitative estimate of drug-likeness (QED) is 0.605. The van der Waals surface area contributed by atoms with Gasteiger partial charge in [0.1, 0.15) is 17.2 Å². The van der Waals surface area contributed by atoms with Gasteiger partial charge in [0, 0.05) is 10.9 Å². The van der Waals surface area contributed by atoms with E-state index in [0.29, 0.717) is 33.7 Å². The van der Waals surface area contributed by atoms with Gasteiger partial charge in [-0.25, -0.2) is 14.6 Å². The molecule has 0 saturated carbocycles. The van der Waals surface area contributed by atoms with Crippen LogP contribution in [-0.2, 0) is 16.1 Å². The van der Waals surface area contributed by atoms with Crippen LogP contribution >= 0.6 is 11.3 Å². The van der Waals surface area contributed by atoms with Crippen molar-refractivity contribution in [2.45, 2.75) is 20.5 Å². The fourth-order valence-corrected chi connectivity index (χ4v) is 3.40. The smallest absolute Gasteiger partial charge is 0.374 e. The van der Waals surface area contributed by atoms with Gasteiger partial charge in [0.25, 0.3) is 5.56 Å². The number of ether oxygens (including phenoxy) is 3. The maximum absolute atomic E-state index is 12.4. The SMILES string of the molecule is CCOC(=O)c1ccc(OCc2csc3nc(C(=O)OCC)[nH]c(=O)c23)cc1.